The molecule has 7 nitrogen and oxygen atoms in total. The first-order chi connectivity index (χ1) is 15.4. The zero-order chi connectivity index (χ0) is 22.7. The summed E-state index contributed by atoms with van der Waals surface area (Å²) in [5.41, 5.74) is 1.20. The number of aromatic nitrogens is 1. The van der Waals surface area contributed by atoms with Crippen LogP contribution >= 0.6 is 22.9 Å². The van der Waals surface area contributed by atoms with Crippen molar-refractivity contribution in [2.24, 2.45) is 0 Å². The average molecular weight is 494 g/mol. The van der Waals surface area contributed by atoms with E-state index in [2.05, 4.69) is 9.88 Å². The molecule has 0 atom stereocenters. The van der Waals surface area contributed by atoms with Crippen LogP contribution in [0.1, 0.15) is 17.3 Å². The van der Waals surface area contributed by atoms with Crippen LogP contribution in [0.5, 0.6) is 0 Å². The third-order valence-electron chi connectivity index (χ3n) is 5.40. The van der Waals surface area contributed by atoms with Crippen LogP contribution in [-0.2, 0) is 14.6 Å². The topological polar surface area (TPSA) is 79.8 Å². The lowest BCUT2D eigenvalue weighted by atomic mass is 10.2. The van der Waals surface area contributed by atoms with E-state index in [0.29, 0.717) is 42.0 Å². The SMILES string of the molecule is CCS(=O)(=O)c1ccc(C(=O)N(CCN2CCOCC2)c2nc3ccc(Cl)cc3s2)cc1. The van der Waals surface area contributed by atoms with E-state index in [1.165, 1.54) is 23.5 Å². The Hall–Kier alpha value is -2.04. The lowest BCUT2D eigenvalue weighted by Gasteiger charge is -2.29. The number of benzene rings is 2. The summed E-state index contributed by atoms with van der Waals surface area (Å²) in [7, 11) is -3.33. The zero-order valence-electron chi connectivity index (χ0n) is 17.7. The van der Waals surface area contributed by atoms with Gasteiger partial charge in [-0.05, 0) is 42.5 Å². The maximum Gasteiger partial charge on any atom is 0.260 e. The van der Waals surface area contributed by atoms with Crippen molar-refractivity contribution in [3.8, 4) is 0 Å². The molecular weight excluding hydrogens is 470 g/mol. The molecule has 0 bridgehead atoms. The van der Waals surface area contributed by atoms with Crippen LogP contribution < -0.4 is 4.90 Å². The van der Waals surface area contributed by atoms with E-state index >= 15 is 0 Å². The molecule has 0 unspecified atom stereocenters. The van der Waals surface area contributed by atoms with Gasteiger partial charge >= 0.3 is 0 Å². The summed E-state index contributed by atoms with van der Waals surface area (Å²) >= 11 is 7.53. The highest BCUT2D eigenvalue weighted by Gasteiger charge is 2.23. The van der Waals surface area contributed by atoms with E-state index < -0.39 is 9.84 Å². The number of amides is 1. The van der Waals surface area contributed by atoms with E-state index in [0.717, 1.165) is 23.3 Å². The molecule has 0 saturated carbocycles. The van der Waals surface area contributed by atoms with Gasteiger partial charge in [-0.3, -0.25) is 14.6 Å². The summed E-state index contributed by atoms with van der Waals surface area (Å²) in [6, 6.07) is 11.6. The maximum atomic E-state index is 13.5. The van der Waals surface area contributed by atoms with Crippen LogP contribution in [0.25, 0.3) is 10.2 Å². The van der Waals surface area contributed by atoms with Gasteiger partial charge < -0.3 is 4.74 Å². The van der Waals surface area contributed by atoms with Gasteiger partial charge in [0.15, 0.2) is 15.0 Å². The third kappa shape index (κ3) is 5.13. The van der Waals surface area contributed by atoms with Crippen molar-refractivity contribution in [2.45, 2.75) is 11.8 Å². The molecule has 1 fully saturated rings. The van der Waals surface area contributed by atoms with Gasteiger partial charge in [0.2, 0.25) is 0 Å². The monoisotopic (exact) mass is 493 g/mol. The molecule has 3 aromatic rings. The van der Waals surface area contributed by atoms with Gasteiger partial charge in [-0.15, -0.1) is 0 Å². The van der Waals surface area contributed by atoms with Crippen LogP contribution in [-0.4, -0.2) is 69.4 Å². The van der Waals surface area contributed by atoms with Gasteiger partial charge in [0.1, 0.15) is 0 Å². The minimum atomic E-state index is -3.33. The first kappa shape index (κ1) is 23.1. The highest BCUT2D eigenvalue weighted by molar-refractivity contribution is 7.91. The number of hydrogen-bond acceptors (Lipinski definition) is 7. The zero-order valence-corrected chi connectivity index (χ0v) is 20.0. The molecule has 170 valence electrons. The minimum Gasteiger partial charge on any atom is -0.379 e. The van der Waals surface area contributed by atoms with Crippen molar-refractivity contribution in [1.82, 2.24) is 9.88 Å². The smallest absolute Gasteiger partial charge is 0.260 e. The van der Waals surface area contributed by atoms with Gasteiger partial charge in [-0.2, -0.15) is 0 Å². The van der Waals surface area contributed by atoms with Gasteiger partial charge in [-0.1, -0.05) is 29.9 Å². The molecule has 2 aromatic carbocycles. The molecule has 1 aliphatic heterocycles. The number of anilines is 1. The lowest BCUT2D eigenvalue weighted by Crippen LogP contribution is -2.43. The number of carbonyl (C=O) groups excluding carboxylic acids is 1. The second kappa shape index (κ2) is 9.84. The number of morpholine rings is 1. The van der Waals surface area contributed by atoms with Crippen molar-refractivity contribution in [1.29, 1.82) is 0 Å². The second-order valence-corrected chi connectivity index (χ2v) is 11.2. The fraction of sp³-hybridized carbons (Fsp3) is 0.364. The molecule has 1 amide bonds. The molecule has 2 heterocycles. The summed E-state index contributed by atoms with van der Waals surface area (Å²) in [5, 5.41) is 1.21. The molecule has 0 radical (unpaired) electrons. The second-order valence-electron chi connectivity index (χ2n) is 7.45. The van der Waals surface area contributed by atoms with Gasteiger partial charge in [-0.25, -0.2) is 13.4 Å². The van der Waals surface area contributed by atoms with Crippen LogP contribution in [0.3, 0.4) is 0 Å². The van der Waals surface area contributed by atoms with Crippen LogP contribution in [0.2, 0.25) is 5.02 Å². The Morgan fingerprint density at radius 1 is 1.19 bits per heavy atom. The normalized spacial score (nSPS) is 15.2. The first-order valence-corrected chi connectivity index (χ1v) is 13.2. The Labute approximate surface area is 196 Å². The molecule has 0 aliphatic carbocycles. The van der Waals surface area contributed by atoms with E-state index in [-0.39, 0.29) is 16.6 Å². The minimum absolute atomic E-state index is 0.0141. The summed E-state index contributed by atoms with van der Waals surface area (Å²) in [6.07, 6.45) is 0. The number of thiazole rings is 1. The Kier molecular flexibility index (Phi) is 7.11. The lowest BCUT2D eigenvalue weighted by molar-refractivity contribution is 0.0391. The third-order valence-corrected chi connectivity index (χ3v) is 8.43. The van der Waals surface area contributed by atoms with Crippen LogP contribution in [0.4, 0.5) is 5.13 Å². The van der Waals surface area contributed by atoms with Gasteiger partial charge in [0.05, 0.1) is 34.1 Å². The highest BCUT2D eigenvalue weighted by atomic mass is 35.5. The van der Waals surface area contributed by atoms with Crippen molar-refractivity contribution in [2.75, 3.05) is 50.0 Å². The van der Waals surface area contributed by atoms with Crippen molar-refractivity contribution < 1.29 is 17.9 Å². The fourth-order valence-electron chi connectivity index (χ4n) is 3.48. The highest BCUT2D eigenvalue weighted by Crippen LogP contribution is 2.31. The van der Waals surface area contributed by atoms with E-state index in [4.69, 9.17) is 16.3 Å². The molecular formula is C22H24ClN3O4S2. The molecule has 4 rings (SSSR count). The van der Waals surface area contributed by atoms with Crippen LogP contribution in [0.15, 0.2) is 47.4 Å². The van der Waals surface area contributed by atoms with E-state index in [9.17, 15) is 13.2 Å². The van der Waals surface area contributed by atoms with Gasteiger partial charge in [0, 0.05) is 36.8 Å². The maximum absolute atomic E-state index is 13.5. The molecule has 0 spiro atoms. The number of halogens is 1. The summed E-state index contributed by atoms with van der Waals surface area (Å²) < 4.78 is 30.5. The Bertz CT molecular complexity index is 1210. The number of carbonyl (C=O) groups is 1. The molecule has 0 N–H and O–H groups in total. The van der Waals surface area contributed by atoms with Crippen molar-refractivity contribution in [3.63, 3.8) is 0 Å². The van der Waals surface area contributed by atoms with Crippen LogP contribution in [0, 0.1) is 0 Å². The molecule has 32 heavy (non-hydrogen) atoms. The molecule has 1 aliphatic rings. The van der Waals surface area contributed by atoms with E-state index in [1.54, 1.807) is 30.0 Å². The predicted octanol–water partition coefficient (Wildman–Crippen LogP) is 3.72. The fourth-order valence-corrected chi connectivity index (χ4v) is 5.63. The molecule has 1 saturated heterocycles. The summed E-state index contributed by atoms with van der Waals surface area (Å²) in [6.45, 7) is 5.75. The average Bonchev–Trinajstić information content (AvgIpc) is 3.22. The number of nitrogens with zero attached hydrogens (tertiary/aromatic N) is 3. The number of sulfone groups is 1. The molecule has 1 aromatic heterocycles. The van der Waals surface area contributed by atoms with Crippen molar-refractivity contribution >= 4 is 54.0 Å². The molecule has 10 heteroatoms. The van der Waals surface area contributed by atoms with Gasteiger partial charge in [0.25, 0.3) is 5.91 Å². The number of hydrogen-bond donors (Lipinski definition) is 0. The number of fused-ring (bicyclic) bond motifs is 1. The largest absolute Gasteiger partial charge is 0.379 e. The summed E-state index contributed by atoms with van der Waals surface area (Å²) in [5.74, 6) is -0.205. The Balaban J connectivity index is 1.63. The van der Waals surface area contributed by atoms with Crippen molar-refractivity contribution in [3.05, 3.63) is 53.1 Å². The quantitative estimate of drug-likeness (QED) is 0.499. The number of rotatable bonds is 7. The van der Waals surface area contributed by atoms with E-state index in [1.807, 2.05) is 12.1 Å². The summed E-state index contributed by atoms with van der Waals surface area (Å²) in [4.78, 5) is 22.3. The number of ether oxygens (including phenoxy) is 1. The Morgan fingerprint density at radius 3 is 2.59 bits per heavy atom. The predicted molar refractivity (Wildman–Crippen MR) is 128 cm³/mol. The first-order valence-electron chi connectivity index (χ1n) is 10.4. The Morgan fingerprint density at radius 2 is 1.91 bits per heavy atom. The standard InChI is InChI=1S/C22H24ClN3O4S2/c1-2-32(28,29)18-6-3-16(4-7-18)21(27)26(10-9-25-11-13-30-14-12-25)22-24-19-8-5-17(23)15-20(19)31-22/h3-8,15H,2,9-14H2,1H3.